The molecule has 0 spiro atoms. The van der Waals surface area contributed by atoms with Crippen LogP contribution >= 0.6 is 11.8 Å². The predicted octanol–water partition coefficient (Wildman–Crippen LogP) is 4.75. The second-order valence-electron chi connectivity index (χ2n) is 8.97. The number of methoxy groups -OCH3 is 1. The molecule has 0 aromatic heterocycles. The smallest absolute Gasteiger partial charge is 0.336 e. The van der Waals surface area contributed by atoms with Crippen molar-refractivity contribution >= 4 is 40.3 Å². The lowest BCUT2D eigenvalue weighted by Crippen LogP contribution is -2.43. The van der Waals surface area contributed by atoms with Crippen LogP contribution in [0.4, 0.5) is 0 Å². The van der Waals surface area contributed by atoms with E-state index < -0.39 is 23.8 Å². The van der Waals surface area contributed by atoms with Gasteiger partial charge in [0.1, 0.15) is 12.5 Å². The molecule has 0 unspecified atom stereocenters. The summed E-state index contributed by atoms with van der Waals surface area (Å²) in [5.74, 6) is -1.39. The molecule has 184 valence electrons. The summed E-state index contributed by atoms with van der Waals surface area (Å²) in [5.41, 5.74) is 3.11. The Balaban J connectivity index is 1.82. The lowest BCUT2D eigenvalue weighted by atomic mass is 9.69. The molecule has 4 rings (SSSR count). The lowest BCUT2D eigenvalue weighted by molar-refractivity contribution is -0.151. The summed E-state index contributed by atoms with van der Waals surface area (Å²) in [6.07, 6.45) is 0.512. The minimum atomic E-state index is -0.903. The van der Waals surface area contributed by atoms with Crippen LogP contribution in [-0.2, 0) is 23.9 Å². The number of nitrogens with one attached hydrogen (secondary N) is 1. The van der Waals surface area contributed by atoms with E-state index in [0.717, 1.165) is 27.8 Å². The minimum Gasteiger partial charge on any atom is -0.468 e. The van der Waals surface area contributed by atoms with Crippen LogP contribution in [0.5, 0.6) is 0 Å². The number of fused-ring (bicyclic) bond motifs is 1. The molecule has 0 radical (unpaired) electrons. The normalized spacial score (nSPS) is 22.1. The molecule has 0 fully saturated rings. The molecule has 0 bridgehead atoms. The molecule has 2 aliphatic rings. The third kappa shape index (κ3) is 4.87. The number of hydrogen-bond acceptors (Lipinski definition) is 7. The predicted molar refractivity (Wildman–Crippen MR) is 138 cm³/mol. The van der Waals surface area contributed by atoms with Gasteiger partial charge in [-0.3, -0.25) is 9.59 Å². The summed E-state index contributed by atoms with van der Waals surface area (Å²) in [6, 6.07) is 13.9. The van der Waals surface area contributed by atoms with Gasteiger partial charge >= 0.3 is 11.9 Å². The van der Waals surface area contributed by atoms with Crippen molar-refractivity contribution in [3.63, 3.8) is 0 Å². The highest BCUT2D eigenvalue weighted by molar-refractivity contribution is 7.99. The SMILES string of the molecule is CCSCCOC(=O)C1=C(C)NC2=C(C(=O)[C@@H](C(=O)OC)[C@@H](C)C2)[C@@H]1c1ccc2ccccc2c1. The number of benzene rings is 2. The monoisotopic (exact) mass is 493 g/mol. The van der Waals surface area contributed by atoms with Crippen LogP contribution in [0.3, 0.4) is 0 Å². The first kappa shape index (κ1) is 25.0. The Morgan fingerprint density at radius 2 is 1.89 bits per heavy atom. The second kappa shape index (κ2) is 10.7. The molecule has 6 nitrogen and oxygen atoms in total. The number of Topliss-reactive ketones (excluding diaryl/α,β-unsaturated/α-hetero) is 1. The molecule has 7 heteroatoms. The maximum Gasteiger partial charge on any atom is 0.336 e. The number of ketones is 1. The number of thioether (sulfide) groups is 1. The Bertz CT molecular complexity index is 1230. The molecular weight excluding hydrogens is 462 g/mol. The van der Waals surface area contributed by atoms with Crippen LogP contribution in [0.25, 0.3) is 10.8 Å². The average Bonchev–Trinajstić information content (AvgIpc) is 2.85. The van der Waals surface area contributed by atoms with Crippen molar-refractivity contribution in [3.05, 3.63) is 70.6 Å². The highest BCUT2D eigenvalue weighted by Crippen LogP contribution is 2.45. The summed E-state index contributed by atoms with van der Waals surface area (Å²) in [4.78, 5) is 39.8. The second-order valence-corrected chi connectivity index (χ2v) is 10.4. The maximum absolute atomic E-state index is 13.8. The van der Waals surface area contributed by atoms with Gasteiger partial charge in [0.2, 0.25) is 0 Å². The van der Waals surface area contributed by atoms with E-state index in [1.54, 1.807) is 11.8 Å². The third-order valence-electron chi connectivity index (χ3n) is 6.73. The van der Waals surface area contributed by atoms with Gasteiger partial charge in [0.25, 0.3) is 0 Å². The Morgan fingerprint density at radius 3 is 2.60 bits per heavy atom. The molecule has 0 saturated heterocycles. The first-order valence-electron chi connectivity index (χ1n) is 11.9. The first-order chi connectivity index (χ1) is 16.9. The standard InChI is InChI=1S/C28H31NO5S/c1-5-35-13-12-34-28(32)23-17(3)29-21-14-16(2)22(27(31)33-4)26(30)25(21)24(23)20-11-10-18-8-6-7-9-19(18)15-20/h6-11,15-16,22,24,29H,5,12-14H2,1-4H3/t16-,22-,24+/m0/s1. The number of dihydropyridines is 1. The van der Waals surface area contributed by atoms with Gasteiger partial charge in [-0.15, -0.1) is 0 Å². The van der Waals surface area contributed by atoms with Crippen molar-refractivity contribution in [2.24, 2.45) is 11.8 Å². The van der Waals surface area contributed by atoms with Crippen molar-refractivity contribution in [2.75, 3.05) is 25.2 Å². The lowest BCUT2D eigenvalue weighted by Gasteiger charge is -2.38. The van der Waals surface area contributed by atoms with Crippen molar-refractivity contribution < 1.29 is 23.9 Å². The fourth-order valence-corrected chi connectivity index (χ4v) is 5.58. The molecule has 0 saturated carbocycles. The minimum absolute atomic E-state index is 0.217. The topological polar surface area (TPSA) is 81.7 Å². The molecule has 35 heavy (non-hydrogen) atoms. The van der Waals surface area contributed by atoms with Crippen LogP contribution in [0, 0.1) is 11.8 Å². The van der Waals surface area contributed by atoms with Crippen LogP contribution in [-0.4, -0.2) is 42.9 Å². The third-order valence-corrected chi connectivity index (χ3v) is 7.60. The fourth-order valence-electron chi connectivity index (χ4n) is 5.09. The van der Waals surface area contributed by atoms with Gasteiger partial charge < -0.3 is 14.8 Å². The van der Waals surface area contributed by atoms with Gasteiger partial charge in [0, 0.05) is 28.6 Å². The number of esters is 2. The average molecular weight is 494 g/mol. The molecule has 2 aromatic rings. The van der Waals surface area contributed by atoms with Crippen LogP contribution in [0.1, 0.15) is 38.7 Å². The van der Waals surface area contributed by atoms with Crippen LogP contribution in [0.15, 0.2) is 65.0 Å². The van der Waals surface area contributed by atoms with E-state index in [4.69, 9.17) is 9.47 Å². The summed E-state index contributed by atoms with van der Waals surface area (Å²) in [5, 5.41) is 5.38. The van der Waals surface area contributed by atoms with Gasteiger partial charge in [-0.05, 0) is 41.4 Å². The van der Waals surface area contributed by atoms with E-state index in [2.05, 4.69) is 12.2 Å². The van der Waals surface area contributed by atoms with Crippen LogP contribution < -0.4 is 5.32 Å². The van der Waals surface area contributed by atoms with E-state index in [1.807, 2.05) is 56.3 Å². The zero-order valence-electron chi connectivity index (χ0n) is 20.6. The molecule has 1 aliphatic carbocycles. The highest BCUT2D eigenvalue weighted by atomic mass is 32.2. The van der Waals surface area contributed by atoms with E-state index >= 15 is 0 Å². The summed E-state index contributed by atoms with van der Waals surface area (Å²) in [7, 11) is 1.30. The largest absolute Gasteiger partial charge is 0.468 e. The van der Waals surface area contributed by atoms with E-state index in [1.165, 1.54) is 7.11 Å². The molecule has 1 aliphatic heterocycles. The molecule has 1 N–H and O–H groups in total. The van der Waals surface area contributed by atoms with Crippen molar-refractivity contribution in [1.29, 1.82) is 0 Å². The zero-order chi connectivity index (χ0) is 25.1. The van der Waals surface area contributed by atoms with Gasteiger partial charge in [0.05, 0.1) is 12.7 Å². The summed E-state index contributed by atoms with van der Waals surface area (Å²) >= 11 is 1.70. The number of hydrogen-bond donors (Lipinski definition) is 1. The van der Waals surface area contributed by atoms with Crippen molar-refractivity contribution in [3.8, 4) is 0 Å². The van der Waals surface area contributed by atoms with Gasteiger partial charge in [-0.25, -0.2) is 4.79 Å². The number of carbonyl (C=O) groups excluding carboxylic acids is 3. The molecule has 3 atom stereocenters. The Kier molecular flexibility index (Phi) is 7.65. The first-order valence-corrected chi connectivity index (χ1v) is 13.1. The van der Waals surface area contributed by atoms with Gasteiger partial charge in [-0.1, -0.05) is 56.3 Å². The van der Waals surface area contributed by atoms with Crippen LogP contribution in [0.2, 0.25) is 0 Å². The van der Waals surface area contributed by atoms with E-state index in [9.17, 15) is 14.4 Å². The Hall–Kier alpha value is -3.06. The maximum atomic E-state index is 13.8. The van der Waals surface area contributed by atoms with E-state index in [-0.39, 0.29) is 11.7 Å². The molecule has 1 heterocycles. The fraction of sp³-hybridized carbons (Fsp3) is 0.393. The number of ether oxygens (including phenoxy) is 2. The highest BCUT2D eigenvalue weighted by Gasteiger charge is 2.47. The molecule has 0 amide bonds. The zero-order valence-corrected chi connectivity index (χ0v) is 21.4. The van der Waals surface area contributed by atoms with Crippen molar-refractivity contribution in [1.82, 2.24) is 5.32 Å². The van der Waals surface area contributed by atoms with Gasteiger partial charge in [0.15, 0.2) is 5.78 Å². The number of allylic oxidation sites excluding steroid dienone is 3. The molecule has 2 aromatic carbocycles. The summed E-state index contributed by atoms with van der Waals surface area (Å²) in [6.45, 7) is 6.07. The quantitative estimate of drug-likeness (QED) is 0.339. The number of carbonyl (C=O) groups is 3. The summed E-state index contributed by atoms with van der Waals surface area (Å²) < 4.78 is 10.6. The van der Waals surface area contributed by atoms with Gasteiger partial charge in [-0.2, -0.15) is 11.8 Å². The van der Waals surface area contributed by atoms with Crippen molar-refractivity contribution in [2.45, 2.75) is 33.1 Å². The Morgan fingerprint density at radius 1 is 1.14 bits per heavy atom. The molecular formula is C28H31NO5S. The Labute approximate surface area is 210 Å². The number of rotatable bonds is 7. The van der Waals surface area contributed by atoms with E-state index in [0.29, 0.717) is 35.6 Å².